The molecule has 1 aromatic carbocycles. The summed E-state index contributed by atoms with van der Waals surface area (Å²) in [5.41, 5.74) is 7.05. The van der Waals surface area contributed by atoms with Gasteiger partial charge in [0.15, 0.2) is 0 Å². The molecular formula is C15H20N2S. The van der Waals surface area contributed by atoms with Crippen LogP contribution >= 0.6 is 11.3 Å². The van der Waals surface area contributed by atoms with Crippen molar-refractivity contribution in [3.05, 3.63) is 34.7 Å². The van der Waals surface area contributed by atoms with Crippen LogP contribution in [0.15, 0.2) is 24.3 Å². The van der Waals surface area contributed by atoms with Crippen molar-refractivity contribution in [3.8, 4) is 0 Å². The molecule has 1 saturated carbocycles. The fourth-order valence-electron chi connectivity index (χ4n) is 2.81. The van der Waals surface area contributed by atoms with Crippen molar-refractivity contribution in [2.45, 2.75) is 44.8 Å². The fraction of sp³-hybridized carbons (Fsp3) is 0.467. The van der Waals surface area contributed by atoms with Gasteiger partial charge in [-0.3, -0.25) is 0 Å². The van der Waals surface area contributed by atoms with Gasteiger partial charge in [0.05, 0.1) is 0 Å². The van der Waals surface area contributed by atoms with Gasteiger partial charge in [0.25, 0.3) is 0 Å². The largest absolute Gasteiger partial charge is 0.326 e. The van der Waals surface area contributed by atoms with Crippen molar-refractivity contribution in [2.75, 3.05) is 0 Å². The zero-order chi connectivity index (χ0) is 12.4. The first-order valence-corrected chi connectivity index (χ1v) is 7.62. The number of nitrogens with two attached hydrogens (primary N) is 1. The van der Waals surface area contributed by atoms with E-state index in [1.165, 1.54) is 46.2 Å². The topological polar surface area (TPSA) is 38.0 Å². The predicted molar refractivity (Wildman–Crippen MR) is 78.8 cm³/mol. The van der Waals surface area contributed by atoms with Crippen LogP contribution < -0.4 is 11.1 Å². The van der Waals surface area contributed by atoms with Crippen molar-refractivity contribution in [3.63, 3.8) is 0 Å². The summed E-state index contributed by atoms with van der Waals surface area (Å²) in [5, 5.41) is 5.02. The van der Waals surface area contributed by atoms with Crippen molar-refractivity contribution in [1.29, 1.82) is 0 Å². The Labute approximate surface area is 112 Å². The third-order valence-electron chi connectivity index (χ3n) is 3.84. The SMILES string of the molecule is NCc1cccc2sc(CNC3CCCC3)cc12. The zero-order valence-corrected chi connectivity index (χ0v) is 11.4. The molecule has 96 valence electrons. The van der Waals surface area contributed by atoms with E-state index in [0.717, 1.165) is 12.6 Å². The fourth-order valence-corrected chi connectivity index (χ4v) is 3.88. The minimum Gasteiger partial charge on any atom is -0.326 e. The van der Waals surface area contributed by atoms with Crippen LogP contribution in [0.1, 0.15) is 36.1 Å². The second-order valence-corrected chi connectivity index (χ2v) is 6.28. The van der Waals surface area contributed by atoms with E-state index in [1.807, 2.05) is 11.3 Å². The first-order valence-electron chi connectivity index (χ1n) is 6.80. The quantitative estimate of drug-likeness (QED) is 0.884. The summed E-state index contributed by atoms with van der Waals surface area (Å²) in [6.45, 7) is 1.64. The Morgan fingerprint density at radius 1 is 1.28 bits per heavy atom. The zero-order valence-electron chi connectivity index (χ0n) is 10.6. The molecule has 0 aliphatic heterocycles. The maximum absolute atomic E-state index is 5.79. The smallest absolute Gasteiger partial charge is 0.0349 e. The molecule has 1 heterocycles. The number of hydrogen-bond donors (Lipinski definition) is 2. The summed E-state index contributed by atoms with van der Waals surface area (Å²) in [5.74, 6) is 0. The van der Waals surface area contributed by atoms with Gasteiger partial charge in [-0.1, -0.05) is 25.0 Å². The molecule has 2 aromatic rings. The van der Waals surface area contributed by atoms with Gasteiger partial charge in [-0.15, -0.1) is 11.3 Å². The average molecular weight is 260 g/mol. The summed E-state index contributed by atoms with van der Waals surface area (Å²) >= 11 is 1.89. The molecule has 18 heavy (non-hydrogen) atoms. The second kappa shape index (κ2) is 5.39. The minimum absolute atomic E-state index is 0.629. The highest BCUT2D eigenvalue weighted by Gasteiger charge is 2.14. The van der Waals surface area contributed by atoms with Crippen LogP contribution in [0.25, 0.3) is 10.1 Å². The van der Waals surface area contributed by atoms with E-state index in [-0.39, 0.29) is 0 Å². The first-order chi connectivity index (χ1) is 8.86. The van der Waals surface area contributed by atoms with Crippen LogP contribution in [-0.2, 0) is 13.1 Å². The van der Waals surface area contributed by atoms with Gasteiger partial charge in [0, 0.05) is 28.7 Å². The standard InChI is InChI=1S/C15H20N2S/c16-9-11-4-3-7-15-14(11)8-13(18-15)10-17-12-5-1-2-6-12/h3-4,7-8,12,17H,1-2,5-6,9-10,16H2. The predicted octanol–water partition coefficient (Wildman–Crippen LogP) is 3.39. The Balaban J connectivity index is 1.76. The van der Waals surface area contributed by atoms with E-state index < -0.39 is 0 Å². The highest BCUT2D eigenvalue weighted by molar-refractivity contribution is 7.19. The van der Waals surface area contributed by atoms with Gasteiger partial charge in [-0.2, -0.15) is 0 Å². The number of nitrogens with one attached hydrogen (secondary N) is 1. The van der Waals surface area contributed by atoms with E-state index >= 15 is 0 Å². The molecule has 3 rings (SSSR count). The summed E-state index contributed by atoms with van der Waals surface area (Å²) in [6, 6.07) is 9.48. The second-order valence-electron chi connectivity index (χ2n) is 5.11. The molecule has 3 heteroatoms. The Morgan fingerprint density at radius 2 is 2.11 bits per heavy atom. The number of hydrogen-bond acceptors (Lipinski definition) is 3. The molecule has 0 saturated heterocycles. The van der Waals surface area contributed by atoms with Crippen molar-refractivity contribution < 1.29 is 0 Å². The van der Waals surface area contributed by atoms with Crippen LogP contribution in [0.5, 0.6) is 0 Å². The molecule has 0 spiro atoms. The number of benzene rings is 1. The van der Waals surface area contributed by atoms with Crippen LogP contribution in [0, 0.1) is 0 Å². The summed E-state index contributed by atoms with van der Waals surface area (Å²) in [6.07, 6.45) is 5.47. The maximum Gasteiger partial charge on any atom is 0.0349 e. The summed E-state index contributed by atoms with van der Waals surface area (Å²) in [4.78, 5) is 1.43. The molecule has 1 aliphatic rings. The van der Waals surface area contributed by atoms with Crippen molar-refractivity contribution in [1.82, 2.24) is 5.32 Å². The molecule has 0 unspecified atom stereocenters. The van der Waals surface area contributed by atoms with Crippen LogP contribution in [0.4, 0.5) is 0 Å². The lowest BCUT2D eigenvalue weighted by molar-refractivity contribution is 0.527. The lowest BCUT2D eigenvalue weighted by Gasteiger charge is -2.09. The van der Waals surface area contributed by atoms with E-state index in [4.69, 9.17) is 5.73 Å². The molecule has 0 radical (unpaired) electrons. The van der Waals surface area contributed by atoms with E-state index in [0.29, 0.717) is 6.54 Å². The normalized spacial score (nSPS) is 16.7. The van der Waals surface area contributed by atoms with Gasteiger partial charge in [-0.05, 0) is 35.9 Å². The van der Waals surface area contributed by atoms with Crippen LogP contribution in [0.3, 0.4) is 0 Å². The molecule has 3 N–H and O–H groups in total. The third kappa shape index (κ3) is 2.44. The molecule has 1 aliphatic carbocycles. The van der Waals surface area contributed by atoms with Gasteiger partial charge < -0.3 is 11.1 Å². The molecule has 0 atom stereocenters. The number of fused-ring (bicyclic) bond motifs is 1. The van der Waals surface area contributed by atoms with Gasteiger partial charge in [-0.25, -0.2) is 0 Å². The van der Waals surface area contributed by atoms with E-state index in [2.05, 4.69) is 29.6 Å². The van der Waals surface area contributed by atoms with Gasteiger partial charge in [0.2, 0.25) is 0 Å². The Bertz CT molecular complexity index is 526. The molecule has 1 fully saturated rings. The number of rotatable bonds is 4. The van der Waals surface area contributed by atoms with Crippen LogP contribution in [0.2, 0.25) is 0 Å². The monoisotopic (exact) mass is 260 g/mol. The third-order valence-corrected chi connectivity index (χ3v) is 4.94. The highest BCUT2D eigenvalue weighted by Crippen LogP contribution is 2.28. The molecule has 0 amide bonds. The molecule has 1 aromatic heterocycles. The number of thiophene rings is 1. The summed E-state index contributed by atoms with van der Waals surface area (Å²) in [7, 11) is 0. The molecular weight excluding hydrogens is 240 g/mol. The summed E-state index contributed by atoms with van der Waals surface area (Å²) < 4.78 is 1.36. The lowest BCUT2D eigenvalue weighted by atomic mass is 10.1. The van der Waals surface area contributed by atoms with E-state index in [9.17, 15) is 0 Å². The molecule has 2 nitrogen and oxygen atoms in total. The van der Waals surface area contributed by atoms with Gasteiger partial charge in [0.1, 0.15) is 0 Å². The highest BCUT2D eigenvalue weighted by atomic mass is 32.1. The average Bonchev–Trinajstić information content (AvgIpc) is 3.04. The Hall–Kier alpha value is -0.900. The van der Waals surface area contributed by atoms with E-state index in [1.54, 1.807) is 0 Å². The van der Waals surface area contributed by atoms with Crippen molar-refractivity contribution >= 4 is 21.4 Å². The van der Waals surface area contributed by atoms with Crippen LogP contribution in [-0.4, -0.2) is 6.04 Å². The first kappa shape index (κ1) is 12.2. The Morgan fingerprint density at radius 3 is 2.89 bits per heavy atom. The minimum atomic E-state index is 0.629. The lowest BCUT2D eigenvalue weighted by Crippen LogP contribution is -2.24. The van der Waals surface area contributed by atoms with Crippen molar-refractivity contribution in [2.24, 2.45) is 5.73 Å². The molecule has 0 bridgehead atoms. The van der Waals surface area contributed by atoms with Gasteiger partial charge >= 0.3 is 0 Å². The maximum atomic E-state index is 5.79. The Kier molecular flexibility index (Phi) is 3.64.